The van der Waals surface area contributed by atoms with Crippen LogP contribution < -0.4 is 30.2 Å². The summed E-state index contributed by atoms with van der Waals surface area (Å²) < 4.78 is 16.0. The number of anilines is 3. The highest BCUT2D eigenvalue weighted by atomic mass is 16.5. The Morgan fingerprint density at radius 2 is 1.27 bits per heavy atom. The SMILES string of the molecule is COc1cc(CCC(=O)Nc2cccc(NC(=O)Nc3ccccc3)c2)cc(OC)c1OC. The number of methoxy groups -OCH3 is 3. The van der Waals surface area contributed by atoms with Crippen LogP contribution in [0.3, 0.4) is 0 Å². The summed E-state index contributed by atoms with van der Waals surface area (Å²) in [6, 6.07) is 19.4. The van der Waals surface area contributed by atoms with Gasteiger partial charge in [-0.1, -0.05) is 24.3 Å². The molecular weight excluding hydrogens is 422 g/mol. The highest BCUT2D eigenvalue weighted by Crippen LogP contribution is 2.38. The molecule has 3 amide bonds. The molecule has 0 heterocycles. The molecule has 0 unspecified atom stereocenters. The molecule has 33 heavy (non-hydrogen) atoms. The monoisotopic (exact) mass is 449 g/mol. The van der Waals surface area contributed by atoms with Gasteiger partial charge in [0.2, 0.25) is 11.7 Å². The lowest BCUT2D eigenvalue weighted by atomic mass is 10.1. The average Bonchev–Trinajstić information content (AvgIpc) is 2.82. The Labute approximate surface area is 192 Å². The van der Waals surface area contributed by atoms with E-state index in [1.165, 1.54) is 0 Å². The van der Waals surface area contributed by atoms with Crippen LogP contribution in [0.5, 0.6) is 17.2 Å². The maximum absolute atomic E-state index is 12.5. The Morgan fingerprint density at radius 3 is 1.88 bits per heavy atom. The third kappa shape index (κ3) is 6.64. The Kier molecular flexibility index (Phi) is 8.13. The van der Waals surface area contributed by atoms with Gasteiger partial charge in [-0.2, -0.15) is 0 Å². The van der Waals surface area contributed by atoms with Crippen LogP contribution in [0.2, 0.25) is 0 Å². The lowest BCUT2D eigenvalue weighted by Crippen LogP contribution is -2.19. The van der Waals surface area contributed by atoms with Crippen molar-refractivity contribution < 1.29 is 23.8 Å². The minimum atomic E-state index is -0.368. The third-order valence-electron chi connectivity index (χ3n) is 4.80. The number of rotatable bonds is 9. The second-order valence-electron chi connectivity index (χ2n) is 7.11. The van der Waals surface area contributed by atoms with Gasteiger partial charge >= 0.3 is 6.03 Å². The number of benzene rings is 3. The topological polar surface area (TPSA) is 97.9 Å². The molecule has 0 fully saturated rings. The van der Waals surface area contributed by atoms with Crippen LogP contribution >= 0.6 is 0 Å². The summed E-state index contributed by atoms with van der Waals surface area (Å²) in [6.45, 7) is 0. The molecule has 0 saturated carbocycles. The summed E-state index contributed by atoms with van der Waals surface area (Å²) in [5.74, 6) is 1.43. The van der Waals surface area contributed by atoms with Crippen molar-refractivity contribution in [2.45, 2.75) is 12.8 Å². The van der Waals surface area contributed by atoms with Crippen LogP contribution in [0.15, 0.2) is 66.7 Å². The van der Waals surface area contributed by atoms with Crippen LogP contribution in [0.1, 0.15) is 12.0 Å². The van der Waals surface area contributed by atoms with E-state index in [2.05, 4.69) is 16.0 Å². The van der Waals surface area contributed by atoms with E-state index in [1.807, 2.05) is 30.3 Å². The molecule has 0 aliphatic rings. The van der Waals surface area contributed by atoms with Gasteiger partial charge in [-0.05, 0) is 54.4 Å². The van der Waals surface area contributed by atoms with Gasteiger partial charge < -0.3 is 30.2 Å². The normalized spacial score (nSPS) is 10.2. The summed E-state index contributed by atoms with van der Waals surface area (Å²) in [5, 5.41) is 8.36. The number of ether oxygens (including phenoxy) is 3. The maximum atomic E-state index is 12.5. The van der Waals surface area contributed by atoms with Crippen LogP contribution in [-0.2, 0) is 11.2 Å². The number of para-hydroxylation sites is 1. The van der Waals surface area contributed by atoms with Crippen molar-refractivity contribution in [3.05, 3.63) is 72.3 Å². The fourth-order valence-corrected chi connectivity index (χ4v) is 3.25. The molecule has 3 rings (SSSR count). The minimum Gasteiger partial charge on any atom is -0.493 e. The van der Waals surface area contributed by atoms with Gasteiger partial charge in [0, 0.05) is 23.5 Å². The molecule has 0 spiro atoms. The second-order valence-corrected chi connectivity index (χ2v) is 7.11. The van der Waals surface area contributed by atoms with Crippen molar-refractivity contribution in [1.82, 2.24) is 0 Å². The van der Waals surface area contributed by atoms with Crippen molar-refractivity contribution in [2.24, 2.45) is 0 Å². The maximum Gasteiger partial charge on any atom is 0.323 e. The molecule has 8 heteroatoms. The van der Waals surface area contributed by atoms with Gasteiger partial charge in [-0.25, -0.2) is 4.79 Å². The molecule has 0 aliphatic heterocycles. The molecule has 0 aliphatic carbocycles. The van der Waals surface area contributed by atoms with Gasteiger partial charge in [0.15, 0.2) is 11.5 Å². The first kappa shape index (κ1) is 23.5. The summed E-state index contributed by atoms with van der Waals surface area (Å²) in [4.78, 5) is 24.7. The van der Waals surface area contributed by atoms with Crippen LogP contribution in [-0.4, -0.2) is 33.3 Å². The van der Waals surface area contributed by atoms with E-state index in [1.54, 1.807) is 57.7 Å². The number of hydrogen-bond donors (Lipinski definition) is 3. The number of carbonyl (C=O) groups is 2. The number of aryl methyl sites for hydroxylation is 1. The molecule has 172 valence electrons. The first-order valence-electron chi connectivity index (χ1n) is 10.3. The molecule has 0 radical (unpaired) electrons. The summed E-state index contributed by atoms with van der Waals surface area (Å²) in [5.41, 5.74) is 2.71. The lowest BCUT2D eigenvalue weighted by Gasteiger charge is -2.14. The number of carbonyl (C=O) groups excluding carboxylic acids is 2. The van der Waals surface area contributed by atoms with E-state index in [0.717, 1.165) is 5.56 Å². The zero-order chi connectivity index (χ0) is 23.6. The zero-order valence-corrected chi connectivity index (χ0v) is 18.8. The van der Waals surface area contributed by atoms with Gasteiger partial charge in [-0.3, -0.25) is 4.79 Å². The quantitative estimate of drug-likeness (QED) is 0.430. The van der Waals surface area contributed by atoms with Gasteiger partial charge in [0.1, 0.15) is 0 Å². The van der Waals surface area contributed by atoms with Crippen LogP contribution in [0.25, 0.3) is 0 Å². The van der Waals surface area contributed by atoms with E-state index in [9.17, 15) is 9.59 Å². The highest BCUT2D eigenvalue weighted by molar-refractivity contribution is 6.00. The smallest absolute Gasteiger partial charge is 0.323 e. The Morgan fingerprint density at radius 1 is 0.697 bits per heavy atom. The van der Waals surface area contributed by atoms with Crippen molar-refractivity contribution in [3.63, 3.8) is 0 Å². The standard InChI is InChI=1S/C25H27N3O5/c1-31-21-14-17(15-22(32-2)24(21)33-3)12-13-23(29)26-19-10-7-11-20(16-19)28-25(30)27-18-8-5-4-6-9-18/h4-11,14-16H,12-13H2,1-3H3,(H,26,29)(H2,27,28,30). The summed E-state index contributed by atoms with van der Waals surface area (Å²) >= 11 is 0. The molecule has 8 nitrogen and oxygen atoms in total. The fourth-order valence-electron chi connectivity index (χ4n) is 3.25. The molecular formula is C25H27N3O5. The van der Waals surface area contributed by atoms with Gasteiger partial charge in [0.25, 0.3) is 0 Å². The second kappa shape index (κ2) is 11.4. The molecule has 3 aromatic rings. The first-order chi connectivity index (χ1) is 16.0. The van der Waals surface area contributed by atoms with Crippen molar-refractivity contribution >= 4 is 29.0 Å². The fraction of sp³-hybridized carbons (Fsp3) is 0.200. The van der Waals surface area contributed by atoms with E-state index in [0.29, 0.717) is 40.7 Å². The minimum absolute atomic E-state index is 0.158. The summed E-state index contributed by atoms with van der Waals surface area (Å²) in [6.07, 6.45) is 0.741. The average molecular weight is 450 g/mol. The molecule has 0 aromatic heterocycles. The van der Waals surface area contributed by atoms with Crippen LogP contribution in [0.4, 0.5) is 21.9 Å². The van der Waals surface area contributed by atoms with E-state index < -0.39 is 0 Å². The Bertz CT molecular complexity index is 1080. The number of urea groups is 1. The Balaban J connectivity index is 1.57. The summed E-state index contributed by atoms with van der Waals surface area (Å²) in [7, 11) is 4.64. The zero-order valence-electron chi connectivity index (χ0n) is 18.8. The van der Waals surface area contributed by atoms with E-state index in [4.69, 9.17) is 14.2 Å². The highest BCUT2D eigenvalue weighted by Gasteiger charge is 2.14. The molecule has 0 atom stereocenters. The number of hydrogen-bond acceptors (Lipinski definition) is 5. The molecule has 3 N–H and O–H groups in total. The third-order valence-corrected chi connectivity index (χ3v) is 4.80. The molecule has 3 aromatic carbocycles. The van der Waals surface area contributed by atoms with E-state index >= 15 is 0 Å². The van der Waals surface area contributed by atoms with Crippen molar-refractivity contribution in [3.8, 4) is 17.2 Å². The molecule has 0 saturated heterocycles. The molecule has 0 bridgehead atoms. The van der Waals surface area contributed by atoms with Crippen LogP contribution in [0, 0.1) is 0 Å². The van der Waals surface area contributed by atoms with E-state index in [-0.39, 0.29) is 18.4 Å². The largest absolute Gasteiger partial charge is 0.493 e. The van der Waals surface area contributed by atoms with Gasteiger partial charge in [-0.15, -0.1) is 0 Å². The predicted octanol–water partition coefficient (Wildman–Crippen LogP) is 4.93. The van der Waals surface area contributed by atoms with Gasteiger partial charge in [0.05, 0.1) is 21.3 Å². The first-order valence-corrected chi connectivity index (χ1v) is 10.3. The lowest BCUT2D eigenvalue weighted by molar-refractivity contribution is -0.116. The number of nitrogens with one attached hydrogen (secondary N) is 3. The number of amides is 3. The van der Waals surface area contributed by atoms with Crippen molar-refractivity contribution in [1.29, 1.82) is 0 Å². The Hall–Kier alpha value is -4.20. The predicted molar refractivity (Wildman–Crippen MR) is 129 cm³/mol. The van der Waals surface area contributed by atoms with Crippen molar-refractivity contribution in [2.75, 3.05) is 37.3 Å².